The van der Waals surface area contributed by atoms with Crippen LogP contribution >= 0.6 is 0 Å². The number of rotatable bonds is 9. The molecular weight excluding hydrogens is 454 g/mol. The van der Waals surface area contributed by atoms with Gasteiger partial charge >= 0.3 is 0 Å². The van der Waals surface area contributed by atoms with E-state index >= 15 is 0 Å². The fourth-order valence-corrected chi connectivity index (χ4v) is 3.33. The van der Waals surface area contributed by atoms with Gasteiger partial charge in [0.1, 0.15) is 11.5 Å². The van der Waals surface area contributed by atoms with Crippen LogP contribution in [-0.4, -0.2) is 30.5 Å². The number of carbonyl (C=O) groups is 2. The van der Waals surface area contributed by atoms with Crippen molar-refractivity contribution < 1.29 is 19.1 Å². The quantitative estimate of drug-likeness (QED) is 0.329. The Labute approximate surface area is 209 Å². The summed E-state index contributed by atoms with van der Waals surface area (Å²) in [5.74, 6) is 0.578. The molecule has 4 rings (SSSR count). The van der Waals surface area contributed by atoms with Crippen LogP contribution in [0.5, 0.6) is 11.5 Å². The van der Waals surface area contributed by atoms with E-state index in [1.54, 1.807) is 61.8 Å². The molecule has 2 amide bonds. The Morgan fingerprint density at radius 3 is 2.33 bits per heavy atom. The monoisotopic (exact) mass is 479 g/mol. The molecule has 1 heterocycles. The Hall–Kier alpha value is -4.91. The first kappa shape index (κ1) is 24.2. The lowest BCUT2D eigenvalue weighted by Gasteiger charge is -2.10. The molecule has 0 fully saturated rings. The zero-order valence-electron chi connectivity index (χ0n) is 19.7. The first-order valence-corrected chi connectivity index (χ1v) is 11.3. The van der Waals surface area contributed by atoms with Crippen LogP contribution in [0.2, 0.25) is 0 Å². The largest absolute Gasteiger partial charge is 0.497 e. The van der Waals surface area contributed by atoms with Gasteiger partial charge < -0.3 is 20.1 Å². The van der Waals surface area contributed by atoms with Gasteiger partial charge in [0.05, 0.1) is 12.8 Å². The molecule has 0 aliphatic carbocycles. The number of amides is 2. The fraction of sp³-hybridized carbons (Fsp3) is 0.0690. The SMILES string of the molecule is COc1cccc(NC(=O)COc2ccc(C(=O)Nc3cccc(C=Cc4ccccn4)c3)cc2)c1. The van der Waals surface area contributed by atoms with Gasteiger partial charge in [-0.25, -0.2) is 0 Å². The van der Waals surface area contributed by atoms with Gasteiger partial charge in [-0.3, -0.25) is 14.6 Å². The number of pyridine rings is 1. The van der Waals surface area contributed by atoms with Crippen molar-refractivity contribution in [1.29, 1.82) is 0 Å². The minimum atomic E-state index is -0.304. The predicted octanol–water partition coefficient (Wildman–Crippen LogP) is 5.53. The van der Waals surface area contributed by atoms with Gasteiger partial charge in [0.2, 0.25) is 0 Å². The minimum absolute atomic E-state index is 0.165. The third-order valence-electron chi connectivity index (χ3n) is 5.12. The molecule has 7 nitrogen and oxygen atoms in total. The zero-order valence-corrected chi connectivity index (χ0v) is 19.7. The molecule has 0 aliphatic heterocycles. The molecule has 3 aromatic carbocycles. The number of carbonyl (C=O) groups excluding carboxylic acids is 2. The summed E-state index contributed by atoms with van der Waals surface area (Å²) in [6.07, 6.45) is 5.59. The van der Waals surface area contributed by atoms with Crippen LogP contribution in [0, 0.1) is 0 Å². The topological polar surface area (TPSA) is 89.5 Å². The second kappa shape index (κ2) is 12.0. The van der Waals surface area contributed by atoms with Crippen molar-refractivity contribution in [3.05, 3.63) is 114 Å². The highest BCUT2D eigenvalue weighted by atomic mass is 16.5. The van der Waals surface area contributed by atoms with E-state index in [2.05, 4.69) is 15.6 Å². The maximum absolute atomic E-state index is 12.7. The Kier molecular flexibility index (Phi) is 8.07. The Morgan fingerprint density at radius 2 is 1.58 bits per heavy atom. The van der Waals surface area contributed by atoms with Crippen LogP contribution in [0.4, 0.5) is 11.4 Å². The Balaban J connectivity index is 1.29. The van der Waals surface area contributed by atoms with Gasteiger partial charge in [-0.2, -0.15) is 0 Å². The summed E-state index contributed by atoms with van der Waals surface area (Å²) in [5, 5.41) is 5.65. The second-order valence-corrected chi connectivity index (χ2v) is 7.76. The molecule has 4 aromatic rings. The second-order valence-electron chi connectivity index (χ2n) is 7.76. The third kappa shape index (κ3) is 7.04. The molecule has 180 valence electrons. The van der Waals surface area contributed by atoms with E-state index in [0.717, 1.165) is 11.3 Å². The van der Waals surface area contributed by atoms with Crippen molar-refractivity contribution in [2.75, 3.05) is 24.4 Å². The molecule has 0 spiro atoms. The molecule has 0 saturated carbocycles. The van der Waals surface area contributed by atoms with Gasteiger partial charge in [-0.05, 0) is 72.3 Å². The zero-order chi connectivity index (χ0) is 25.2. The highest BCUT2D eigenvalue weighted by Gasteiger charge is 2.08. The van der Waals surface area contributed by atoms with E-state index in [1.807, 2.05) is 54.6 Å². The van der Waals surface area contributed by atoms with Crippen LogP contribution in [0.15, 0.2) is 97.2 Å². The number of hydrogen-bond donors (Lipinski definition) is 2. The van der Waals surface area contributed by atoms with Gasteiger partial charge in [-0.15, -0.1) is 0 Å². The average molecular weight is 480 g/mol. The lowest BCUT2D eigenvalue weighted by molar-refractivity contribution is -0.118. The Bertz CT molecular complexity index is 1350. The molecular formula is C29H25N3O4. The number of benzene rings is 3. The van der Waals surface area contributed by atoms with Crippen molar-refractivity contribution in [2.24, 2.45) is 0 Å². The van der Waals surface area contributed by atoms with Crippen molar-refractivity contribution in [1.82, 2.24) is 4.98 Å². The molecule has 1 aromatic heterocycles. The number of ether oxygens (including phenoxy) is 2. The smallest absolute Gasteiger partial charge is 0.262 e. The first-order valence-electron chi connectivity index (χ1n) is 11.3. The van der Waals surface area contributed by atoms with Crippen molar-refractivity contribution in [3.63, 3.8) is 0 Å². The van der Waals surface area contributed by atoms with Crippen molar-refractivity contribution in [2.45, 2.75) is 0 Å². The van der Waals surface area contributed by atoms with Crippen LogP contribution in [0.25, 0.3) is 12.2 Å². The van der Waals surface area contributed by atoms with Crippen LogP contribution < -0.4 is 20.1 Å². The van der Waals surface area contributed by atoms with Gasteiger partial charge in [0.15, 0.2) is 6.61 Å². The van der Waals surface area contributed by atoms with Crippen molar-refractivity contribution >= 4 is 35.3 Å². The maximum atomic E-state index is 12.7. The number of methoxy groups -OCH3 is 1. The molecule has 0 aliphatic rings. The summed E-state index contributed by atoms with van der Waals surface area (Å²) in [5.41, 5.74) is 3.56. The predicted molar refractivity (Wildman–Crippen MR) is 141 cm³/mol. The number of hydrogen-bond acceptors (Lipinski definition) is 5. The number of anilines is 2. The van der Waals surface area contributed by atoms with E-state index < -0.39 is 0 Å². The lowest BCUT2D eigenvalue weighted by Crippen LogP contribution is -2.20. The molecule has 0 saturated heterocycles. The van der Waals surface area contributed by atoms with Crippen LogP contribution in [0.3, 0.4) is 0 Å². The van der Waals surface area contributed by atoms with Gasteiger partial charge in [0, 0.05) is 29.2 Å². The van der Waals surface area contributed by atoms with E-state index in [4.69, 9.17) is 9.47 Å². The van der Waals surface area contributed by atoms with E-state index in [-0.39, 0.29) is 18.4 Å². The van der Waals surface area contributed by atoms with Gasteiger partial charge in [-0.1, -0.05) is 30.3 Å². The summed E-state index contributed by atoms with van der Waals surface area (Å²) in [6, 6.07) is 26.9. The average Bonchev–Trinajstić information content (AvgIpc) is 2.92. The molecule has 0 unspecified atom stereocenters. The fourth-order valence-electron chi connectivity index (χ4n) is 3.33. The highest BCUT2D eigenvalue weighted by molar-refractivity contribution is 6.04. The lowest BCUT2D eigenvalue weighted by atomic mass is 10.1. The minimum Gasteiger partial charge on any atom is -0.497 e. The Morgan fingerprint density at radius 1 is 0.806 bits per heavy atom. The molecule has 36 heavy (non-hydrogen) atoms. The number of aromatic nitrogens is 1. The summed E-state index contributed by atoms with van der Waals surface area (Å²) >= 11 is 0. The van der Waals surface area contributed by atoms with E-state index in [9.17, 15) is 9.59 Å². The normalized spacial score (nSPS) is 10.6. The number of nitrogens with one attached hydrogen (secondary N) is 2. The highest BCUT2D eigenvalue weighted by Crippen LogP contribution is 2.18. The van der Waals surface area contributed by atoms with Crippen LogP contribution in [-0.2, 0) is 4.79 Å². The third-order valence-corrected chi connectivity index (χ3v) is 5.12. The first-order chi connectivity index (χ1) is 17.6. The van der Waals surface area contributed by atoms with Gasteiger partial charge in [0.25, 0.3) is 11.8 Å². The summed E-state index contributed by atoms with van der Waals surface area (Å²) in [6.45, 7) is -0.165. The standard InChI is InChI=1S/C29H25N3O4/c1-35-27-10-5-9-25(19-27)31-28(33)20-36-26-15-12-22(13-16-26)29(34)32-24-8-4-6-21(18-24)11-14-23-7-2-3-17-30-23/h2-19H,20H2,1H3,(H,31,33)(H,32,34). The number of nitrogens with zero attached hydrogens (tertiary/aromatic N) is 1. The molecule has 0 atom stereocenters. The molecule has 0 radical (unpaired) electrons. The summed E-state index contributed by atoms with van der Waals surface area (Å²) in [4.78, 5) is 29.1. The summed E-state index contributed by atoms with van der Waals surface area (Å²) < 4.78 is 10.7. The molecule has 7 heteroatoms. The van der Waals surface area contributed by atoms with E-state index in [0.29, 0.717) is 28.4 Å². The summed E-state index contributed by atoms with van der Waals surface area (Å²) in [7, 11) is 1.56. The molecule has 0 bridgehead atoms. The van der Waals surface area contributed by atoms with Crippen LogP contribution in [0.1, 0.15) is 21.6 Å². The van der Waals surface area contributed by atoms with E-state index in [1.165, 1.54) is 0 Å². The van der Waals surface area contributed by atoms with Crippen molar-refractivity contribution in [3.8, 4) is 11.5 Å². The maximum Gasteiger partial charge on any atom is 0.262 e. The molecule has 2 N–H and O–H groups in total.